The summed E-state index contributed by atoms with van der Waals surface area (Å²) >= 11 is 3.26. The van der Waals surface area contributed by atoms with Gasteiger partial charge in [-0.15, -0.1) is 0 Å². The third kappa shape index (κ3) is 13.9. The highest BCUT2D eigenvalue weighted by Gasteiger charge is 2.23. The third-order valence-electron chi connectivity index (χ3n) is 6.29. The molecule has 0 amide bonds. The smallest absolute Gasteiger partial charge is 0.339 e. The Bertz CT molecular complexity index is 1970. The quantitative estimate of drug-likeness (QED) is 0.108. The number of carbonyl (C=O) groups excluding carboxylic acids is 2. The van der Waals surface area contributed by atoms with Crippen LogP contribution in [0.4, 0.5) is 28.9 Å². The third-order valence-corrected chi connectivity index (χ3v) is 9.91. The fraction of sp³-hybridized carbons (Fsp3) is 0.250. The van der Waals surface area contributed by atoms with E-state index in [1.807, 2.05) is 4.72 Å². The van der Waals surface area contributed by atoms with Crippen LogP contribution in [-0.4, -0.2) is 64.5 Å². The van der Waals surface area contributed by atoms with Crippen LogP contribution in [0.25, 0.3) is 0 Å². The van der Waals surface area contributed by atoms with Gasteiger partial charge in [0.1, 0.15) is 23.3 Å². The molecule has 0 unspecified atom stereocenters. The van der Waals surface area contributed by atoms with Crippen molar-refractivity contribution < 1.29 is 53.5 Å². The predicted octanol–water partition coefficient (Wildman–Crippen LogP) is 5.99. The van der Waals surface area contributed by atoms with E-state index in [1.54, 1.807) is 12.1 Å². The number of sulfonamides is 2. The molecule has 2 aromatic heterocycles. The maximum atomic E-state index is 13.5. The van der Waals surface area contributed by atoms with E-state index in [0.717, 1.165) is 34.3 Å². The minimum atomic E-state index is -3.81. The van der Waals surface area contributed by atoms with E-state index < -0.39 is 49.3 Å². The van der Waals surface area contributed by atoms with Gasteiger partial charge >= 0.3 is 11.9 Å². The molecule has 0 fully saturated rings. The second kappa shape index (κ2) is 19.7. The normalized spacial score (nSPS) is 10.8. The molecule has 2 aromatic carbocycles. The van der Waals surface area contributed by atoms with Gasteiger partial charge in [0.05, 0.1) is 66.2 Å². The summed E-state index contributed by atoms with van der Waals surface area (Å²) in [4.78, 5) is 30.4. The number of ether oxygens (including phenoxy) is 2. The van der Waals surface area contributed by atoms with Crippen molar-refractivity contribution in [1.82, 2.24) is 9.97 Å². The Morgan fingerprint density at radius 3 is 1.55 bits per heavy atom. The number of methoxy groups -OCH3 is 2. The van der Waals surface area contributed by atoms with Gasteiger partial charge in [0.15, 0.2) is 0 Å². The van der Waals surface area contributed by atoms with Gasteiger partial charge in [-0.25, -0.2) is 44.0 Å². The first-order chi connectivity index (χ1) is 24.0. The molecule has 0 spiro atoms. The van der Waals surface area contributed by atoms with Crippen LogP contribution in [0.5, 0.6) is 0 Å². The molecule has 2 heterocycles. The van der Waals surface area contributed by atoms with Crippen LogP contribution in [0.3, 0.4) is 0 Å². The monoisotopic (exact) mass is 820 g/mol. The average Bonchev–Trinajstić information content (AvgIpc) is 3.09. The molecule has 276 valence electrons. The Labute approximate surface area is 301 Å². The highest BCUT2D eigenvalue weighted by molar-refractivity contribution is 9.08. The first-order valence-corrected chi connectivity index (χ1v) is 18.9. The van der Waals surface area contributed by atoms with E-state index in [1.165, 1.54) is 52.6 Å². The van der Waals surface area contributed by atoms with Crippen LogP contribution in [0.15, 0.2) is 73.1 Å². The van der Waals surface area contributed by atoms with Gasteiger partial charge in [-0.3, -0.25) is 19.0 Å². The van der Waals surface area contributed by atoms with Gasteiger partial charge in [-0.05, 0) is 62.4 Å². The van der Waals surface area contributed by atoms with Crippen LogP contribution in [0, 0.1) is 23.3 Å². The number of esters is 2. The fourth-order valence-corrected chi connectivity index (χ4v) is 5.72. The number of rotatable bonds is 11. The average molecular weight is 822 g/mol. The van der Waals surface area contributed by atoms with E-state index in [-0.39, 0.29) is 41.0 Å². The number of anilines is 2. The van der Waals surface area contributed by atoms with Crippen LogP contribution < -0.4 is 9.03 Å². The molecule has 0 radical (unpaired) electrons. The zero-order valence-corrected chi connectivity index (χ0v) is 30.8. The van der Waals surface area contributed by atoms with Gasteiger partial charge in [0.25, 0.3) is 0 Å². The largest absolute Gasteiger partial charge is 0.465 e. The predicted molar refractivity (Wildman–Crippen MR) is 185 cm³/mol. The van der Waals surface area contributed by atoms with E-state index in [0.29, 0.717) is 28.7 Å². The van der Waals surface area contributed by atoms with Crippen molar-refractivity contribution in [2.75, 3.05) is 34.8 Å². The molecule has 0 atom stereocenters. The van der Waals surface area contributed by atoms with Crippen LogP contribution in [0.1, 0.15) is 46.0 Å². The highest BCUT2D eigenvalue weighted by atomic mass is 79.9. The number of hydrogen-bond acceptors (Lipinski definition) is 10. The molecular formula is C32H33BrF4N4O8S2. The van der Waals surface area contributed by atoms with E-state index in [4.69, 9.17) is 0 Å². The molecule has 0 aliphatic heterocycles. The van der Waals surface area contributed by atoms with Gasteiger partial charge in [0, 0.05) is 29.9 Å². The van der Waals surface area contributed by atoms with Crippen molar-refractivity contribution in [3.63, 3.8) is 0 Å². The maximum Gasteiger partial charge on any atom is 0.339 e. The Morgan fingerprint density at radius 1 is 0.725 bits per heavy atom. The van der Waals surface area contributed by atoms with E-state index in [2.05, 4.69) is 35.4 Å². The van der Waals surface area contributed by atoms with Crippen LogP contribution in [-0.2, 0) is 41.4 Å². The van der Waals surface area contributed by atoms with Gasteiger partial charge in [-0.1, -0.05) is 15.9 Å². The van der Waals surface area contributed by atoms with Gasteiger partial charge in [-0.2, -0.15) is 0 Å². The lowest BCUT2D eigenvalue weighted by Gasteiger charge is -2.23. The van der Waals surface area contributed by atoms with Crippen molar-refractivity contribution in [3.05, 3.63) is 119 Å². The number of nitrogens with one attached hydrogen (secondary N) is 1. The number of carbonyl (C=O) groups is 2. The summed E-state index contributed by atoms with van der Waals surface area (Å²) in [5.41, 5.74) is 1.62. The molecule has 0 saturated carbocycles. The molecule has 12 nitrogen and oxygen atoms in total. The molecule has 19 heteroatoms. The summed E-state index contributed by atoms with van der Waals surface area (Å²) in [5, 5.41) is 0.689. The van der Waals surface area contributed by atoms with Crippen molar-refractivity contribution in [2.45, 2.75) is 25.7 Å². The standard InChI is InChI=1S/C16H16F2N2O4S.C8H8BrNO2.C8H9F2NO2S/c1-3-25(22,23)20(15-7-12(17)6-13(18)8-15)10-14-5-4-11(9-19-14)16(21)24-2;1-12-8(11)6-2-3-7(4-9)10-5-6;1-2-14(12,13)11-8-4-6(9)3-7(10)5-8/h4-9H,3,10H2,1-2H3;2-3,5H,4H2,1H3;3-5,11H,2H2,1H3. The van der Waals surface area contributed by atoms with Crippen molar-refractivity contribution in [2.24, 2.45) is 0 Å². The zero-order chi connectivity index (χ0) is 38.4. The summed E-state index contributed by atoms with van der Waals surface area (Å²) in [6.45, 7) is 2.62. The van der Waals surface area contributed by atoms with Crippen LogP contribution in [0.2, 0.25) is 0 Å². The van der Waals surface area contributed by atoms with E-state index >= 15 is 0 Å². The first-order valence-electron chi connectivity index (χ1n) is 14.5. The minimum absolute atomic E-state index is 0.107. The number of halogens is 5. The lowest BCUT2D eigenvalue weighted by Crippen LogP contribution is -2.32. The van der Waals surface area contributed by atoms with Gasteiger partial charge in [0.2, 0.25) is 20.0 Å². The number of benzene rings is 2. The number of nitrogens with zero attached hydrogens (tertiary/aromatic N) is 3. The molecular weight excluding hydrogens is 788 g/mol. The number of aromatic nitrogens is 2. The Kier molecular flexibility index (Phi) is 16.4. The topological polar surface area (TPSA) is 162 Å². The highest BCUT2D eigenvalue weighted by Crippen LogP contribution is 2.23. The zero-order valence-electron chi connectivity index (χ0n) is 27.6. The molecule has 4 aromatic rings. The van der Waals surface area contributed by atoms with Crippen molar-refractivity contribution >= 4 is 59.3 Å². The first kappa shape index (κ1) is 42.5. The molecule has 1 N–H and O–H groups in total. The molecule has 0 aliphatic carbocycles. The maximum absolute atomic E-state index is 13.5. The fourth-order valence-electron chi connectivity index (χ4n) is 3.70. The van der Waals surface area contributed by atoms with Gasteiger partial charge < -0.3 is 9.47 Å². The number of pyridine rings is 2. The Hall–Kier alpha value is -4.62. The SMILES string of the molecule is CCS(=O)(=O)N(Cc1ccc(C(=O)OC)cn1)c1cc(F)cc(F)c1.CCS(=O)(=O)Nc1cc(F)cc(F)c1.COC(=O)c1ccc(CBr)nc1. The summed E-state index contributed by atoms with van der Waals surface area (Å²) < 4.78 is 111. The summed E-state index contributed by atoms with van der Waals surface area (Å²) in [6, 6.07) is 11.4. The molecule has 0 aliphatic rings. The molecule has 0 bridgehead atoms. The Morgan fingerprint density at radius 2 is 1.18 bits per heavy atom. The number of alkyl halides is 1. The summed E-state index contributed by atoms with van der Waals surface area (Å²) in [5.74, 6) is -4.76. The van der Waals surface area contributed by atoms with Crippen molar-refractivity contribution in [1.29, 1.82) is 0 Å². The molecule has 0 saturated heterocycles. The molecule has 51 heavy (non-hydrogen) atoms. The lowest BCUT2D eigenvalue weighted by atomic mass is 10.2. The summed E-state index contributed by atoms with van der Waals surface area (Å²) in [7, 11) is -4.72. The van der Waals surface area contributed by atoms with E-state index in [9.17, 15) is 44.0 Å². The second-order valence-corrected chi connectivity index (χ2v) is 14.6. The lowest BCUT2D eigenvalue weighted by molar-refractivity contribution is 0.0591. The second-order valence-electron chi connectivity index (χ2n) is 9.89. The summed E-state index contributed by atoms with van der Waals surface area (Å²) in [6.07, 6.45) is 2.74. The number of hydrogen-bond donors (Lipinski definition) is 1. The Balaban J connectivity index is 0.000000292. The van der Waals surface area contributed by atoms with Crippen molar-refractivity contribution in [3.8, 4) is 0 Å². The van der Waals surface area contributed by atoms with Crippen LogP contribution >= 0.6 is 15.9 Å². The molecule has 4 rings (SSSR count). The minimum Gasteiger partial charge on any atom is -0.465 e.